The zero-order chi connectivity index (χ0) is 20.3. The summed E-state index contributed by atoms with van der Waals surface area (Å²) in [4.78, 5) is 47.0. The smallest absolute Gasteiger partial charge is 0.375 e. The number of ketones is 1. The van der Waals surface area contributed by atoms with Gasteiger partial charge in [-0.05, 0) is 38.8 Å². The van der Waals surface area contributed by atoms with Gasteiger partial charge in [0.05, 0.1) is 0 Å². The number of benzene rings is 1. The van der Waals surface area contributed by atoms with E-state index in [1.165, 1.54) is 19.9 Å². The van der Waals surface area contributed by atoms with Gasteiger partial charge in [-0.15, -0.1) is 0 Å². The number of amides is 3. The molecule has 2 N–H and O–H groups in total. The lowest BCUT2D eigenvalue weighted by Crippen LogP contribution is -2.45. The first-order chi connectivity index (χ1) is 13.3. The Morgan fingerprint density at radius 3 is 2.36 bits per heavy atom. The normalized spacial score (nSPS) is 14.1. The standard InChI is InChI=1S/C20H20N2O6/c1-11(23)13-3-5-14(6-4-13)16-9-10-17(28-16)19(25)27-12(2)18(24)22-20(26)21-15-7-8-15/h3-6,9-10,12,15H,7-8H2,1-2H3,(H2,21,22,24,26). The molecule has 3 rings (SSSR count). The summed E-state index contributed by atoms with van der Waals surface area (Å²) >= 11 is 0. The van der Waals surface area contributed by atoms with E-state index in [-0.39, 0.29) is 17.6 Å². The molecule has 0 saturated heterocycles. The highest BCUT2D eigenvalue weighted by Crippen LogP contribution is 2.23. The van der Waals surface area contributed by atoms with Gasteiger partial charge in [0, 0.05) is 17.2 Å². The number of Topliss-reactive ketones (excluding diaryl/α,β-unsaturated/α-hetero) is 1. The van der Waals surface area contributed by atoms with Crippen LogP contribution in [0.1, 0.15) is 47.6 Å². The predicted molar refractivity (Wildman–Crippen MR) is 98.7 cm³/mol. The summed E-state index contributed by atoms with van der Waals surface area (Å²) in [6, 6.07) is 9.27. The number of hydrogen-bond donors (Lipinski definition) is 2. The average Bonchev–Trinajstić information content (AvgIpc) is 3.32. The van der Waals surface area contributed by atoms with Crippen molar-refractivity contribution >= 4 is 23.7 Å². The van der Waals surface area contributed by atoms with Crippen molar-refractivity contribution in [1.29, 1.82) is 0 Å². The second-order valence-electron chi connectivity index (χ2n) is 6.58. The Kier molecular flexibility index (Phi) is 5.58. The summed E-state index contributed by atoms with van der Waals surface area (Å²) in [6.07, 6.45) is 0.621. The molecule has 28 heavy (non-hydrogen) atoms. The molecule has 0 radical (unpaired) electrons. The lowest BCUT2D eigenvalue weighted by atomic mass is 10.1. The van der Waals surface area contributed by atoms with Crippen molar-refractivity contribution in [2.24, 2.45) is 0 Å². The van der Waals surface area contributed by atoms with Crippen LogP contribution in [0.25, 0.3) is 11.3 Å². The molecule has 1 aromatic heterocycles. The van der Waals surface area contributed by atoms with E-state index >= 15 is 0 Å². The van der Waals surface area contributed by atoms with E-state index in [2.05, 4.69) is 10.6 Å². The second-order valence-corrected chi connectivity index (χ2v) is 6.58. The van der Waals surface area contributed by atoms with Crippen LogP contribution in [0.5, 0.6) is 0 Å². The van der Waals surface area contributed by atoms with Crippen molar-refractivity contribution in [3.63, 3.8) is 0 Å². The van der Waals surface area contributed by atoms with E-state index in [0.717, 1.165) is 12.8 Å². The molecule has 8 heteroatoms. The Morgan fingerprint density at radius 2 is 1.75 bits per heavy atom. The van der Waals surface area contributed by atoms with Gasteiger partial charge in [0.15, 0.2) is 11.9 Å². The summed E-state index contributed by atoms with van der Waals surface area (Å²) in [5.74, 6) is -1.25. The van der Waals surface area contributed by atoms with Gasteiger partial charge in [-0.2, -0.15) is 0 Å². The fourth-order valence-electron chi connectivity index (χ4n) is 2.41. The van der Waals surface area contributed by atoms with Gasteiger partial charge in [0.2, 0.25) is 5.76 Å². The van der Waals surface area contributed by atoms with Crippen molar-refractivity contribution in [3.8, 4) is 11.3 Å². The number of furan rings is 1. The summed E-state index contributed by atoms with van der Waals surface area (Å²) in [7, 11) is 0. The number of imide groups is 1. The van der Waals surface area contributed by atoms with E-state index in [4.69, 9.17) is 9.15 Å². The van der Waals surface area contributed by atoms with Gasteiger partial charge in [-0.3, -0.25) is 14.9 Å². The third-order valence-corrected chi connectivity index (χ3v) is 4.19. The molecular formula is C20H20N2O6. The zero-order valence-corrected chi connectivity index (χ0v) is 15.5. The largest absolute Gasteiger partial charge is 0.449 e. The van der Waals surface area contributed by atoms with Gasteiger partial charge in [0.1, 0.15) is 5.76 Å². The van der Waals surface area contributed by atoms with E-state index < -0.39 is 24.0 Å². The monoisotopic (exact) mass is 384 g/mol. The first kappa shape index (κ1) is 19.3. The van der Waals surface area contributed by atoms with Crippen LogP contribution in [0.2, 0.25) is 0 Å². The fourth-order valence-corrected chi connectivity index (χ4v) is 2.41. The van der Waals surface area contributed by atoms with Crippen molar-refractivity contribution in [3.05, 3.63) is 47.7 Å². The molecule has 3 amide bonds. The number of carbonyl (C=O) groups is 4. The molecule has 1 fully saturated rings. The Bertz CT molecular complexity index is 911. The summed E-state index contributed by atoms with van der Waals surface area (Å²) < 4.78 is 10.5. The minimum Gasteiger partial charge on any atom is -0.449 e. The van der Waals surface area contributed by atoms with E-state index in [1.807, 2.05) is 0 Å². The quantitative estimate of drug-likeness (QED) is 0.584. The Balaban J connectivity index is 1.57. The molecule has 1 aliphatic rings. The van der Waals surface area contributed by atoms with Crippen LogP contribution in [0.4, 0.5) is 4.79 Å². The first-order valence-electron chi connectivity index (χ1n) is 8.87. The van der Waals surface area contributed by atoms with Gasteiger partial charge in [-0.25, -0.2) is 9.59 Å². The van der Waals surface area contributed by atoms with E-state index in [0.29, 0.717) is 16.9 Å². The highest BCUT2D eigenvalue weighted by Gasteiger charge is 2.26. The molecule has 1 aliphatic carbocycles. The molecular weight excluding hydrogens is 364 g/mol. The van der Waals surface area contributed by atoms with Crippen LogP contribution in [-0.4, -0.2) is 35.8 Å². The van der Waals surface area contributed by atoms with Crippen LogP contribution in [0, 0.1) is 0 Å². The minimum absolute atomic E-state index is 0.0478. The fraction of sp³-hybridized carbons (Fsp3) is 0.300. The van der Waals surface area contributed by atoms with Crippen molar-refractivity contribution < 1.29 is 28.3 Å². The molecule has 2 aromatic rings. The van der Waals surface area contributed by atoms with Gasteiger partial charge in [0.25, 0.3) is 5.91 Å². The van der Waals surface area contributed by atoms with Crippen LogP contribution >= 0.6 is 0 Å². The summed E-state index contributed by atoms with van der Waals surface area (Å²) in [5, 5.41) is 4.73. The third-order valence-electron chi connectivity index (χ3n) is 4.19. The van der Waals surface area contributed by atoms with Crippen LogP contribution in [-0.2, 0) is 9.53 Å². The maximum absolute atomic E-state index is 12.2. The lowest BCUT2D eigenvalue weighted by Gasteiger charge is -2.12. The number of rotatable bonds is 6. The molecule has 1 saturated carbocycles. The van der Waals surface area contributed by atoms with Gasteiger partial charge in [-0.1, -0.05) is 24.3 Å². The Morgan fingerprint density at radius 1 is 1.07 bits per heavy atom. The van der Waals surface area contributed by atoms with Crippen LogP contribution < -0.4 is 10.6 Å². The van der Waals surface area contributed by atoms with Gasteiger partial charge >= 0.3 is 12.0 Å². The highest BCUT2D eigenvalue weighted by atomic mass is 16.6. The molecule has 8 nitrogen and oxygen atoms in total. The maximum Gasteiger partial charge on any atom is 0.375 e. The number of esters is 1. The number of carbonyl (C=O) groups excluding carboxylic acids is 4. The third kappa shape index (κ3) is 4.85. The molecule has 1 heterocycles. The molecule has 146 valence electrons. The topological polar surface area (TPSA) is 115 Å². The number of hydrogen-bond acceptors (Lipinski definition) is 6. The Hall–Kier alpha value is -3.42. The molecule has 0 spiro atoms. The molecule has 0 aliphatic heterocycles. The molecule has 0 bridgehead atoms. The Labute approximate surface area is 161 Å². The molecule has 1 aromatic carbocycles. The summed E-state index contributed by atoms with van der Waals surface area (Å²) in [5.41, 5.74) is 1.26. The number of nitrogens with one attached hydrogen (secondary N) is 2. The lowest BCUT2D eigenvalue weighted by molar-refractivity contribution is -0.128. The highest BCUT2D eigenvalue weighted by molar-refractivity contribution is 5.98. The number of urea groups is 1. The van der Waals surface area contributed by atoms with Crippen molar-refractivity contribution in [2.45, 2.75) is 38.8 Å². The van der Waals surface area contributed by atoms with Crippen molar-refractivity contribution in [2.75, 3.05) is 0 Å². The molecule has 1 atom stereocenters. The average molecular weight is 384 g/mol. The SMILES string of the molecule is CC(=O)c1ccc(-c2ccc(C(=O)OC(C)C(=O)NC(=O)NC3CC3)o2)cc1. The maximum atomic E-state index is 12.2. The van der Waals surface area contributed by atoms with E-state index in [9.17, 15) is 19.2 Å². The van der Waals surface area contributed by atoms with Gasteiger partial charge < -0.3 is 14.5 Å². The predicted octanol–water partition coefficient (Wildman–Crippen LogP) is 2.68. The first-order valence-corrected chi connectivity index (χ1v) is 8.87. The second kappa shape index (κ2) is 8.08. The minimum atomic E-state index is -1.17. The van der Waals surface area contributed by atoms with Crippen LogP contribution in [0.3, 0.4) is 0 Å². The number of ether oxygens (including phenoxy) is 1. The zero-order valence-electron chi connectivity index (χ0n) is 15.5. The molecule has 1 unspecified atom stereocenters. The van der Waals surface area contributed by atoms with Crippen molar-refractivity contribution in [1.82, 2.24) is 10.6 Å². The summed E-state index contributed by atoms with van der Waals surface area (Å²) in [6.45, 7) is 2.84. The van der Waals surface area contributed by atoms with Crippen LogP contribution in [0.15, 0.2) is 40.8 Å². The van der Waals surface area contributed by atoms with E-state index in [1.54, 1.807) is 30.3 Å².